The monoisotopic (exact) mass is 577 g/mol. The third kappa shape index (κ3) is 7.20. The Hall–Kier alpha value is -3.78. The zero-order valence-corrected chi connectivity index (χ0v) is 23.6. The molecule has 1 aromatic carbocycles. The minimum absolute atomic E-state index is 0.0357. The molecule has 14 heteroatoms. The van der Waals surface area contributed by atoms with Crippen LogP contribution >= 0.6 is 23.1 Å². The Morgan fingerprint density at radius 1 is 1.13 bits per heavy atom. The van der Waals surface area contributed by atoms with Crippen molar-refractivity contribution in [3.63, 3.8) is 0 Å². The lowest BCUT2D eigenvalue weighted by Crippen LogP contribution is -2.25. The molecule has 0 aliphatic carbocycles. The number of hydrogen-bond acceptors (Lipinski definition) is 10. The van der Waals surface area contributed by atoms with Crippen LogP contribution in [0.15, 0.2) is 29.4 Å². The first-order chi connectivity index (χ1) is 18.6. The smallest absolute Gasteiger partial charge is 0.348 e. The fourth-order valence-corrected chi connectivity index (χ4v) is 5.29. The molecule has 0 unspecified atom stereocenters. The number of ether oxygens (including phenoxy) is 2. The van der Waals surface area contributed by atoms with E-state index in [1.54, 1.807) is 39.3 Å². The first-order valence-corrected chi connectivity index (χ1v) is 13.6. The van der Waals surface area contributed by atoms with Crippen LogP contribution < -0.4 is 10.6 Å². The van der Waals surface area contributed by atoms with Gasteiger partial charge < -0.3 is 24.7 Å². The van der Waals surface area contributed by atoms with Crippen LogP contribution in [0.5, 0.6) is 0 Å². The fourth-order valence-electron chi connectivity index (χ4n) is 3.36. The summed E-state index contributed by atoms with van der Waals surface area (Å²) in [5.41, 5.74) is 0.644. The molecule has 0 bridgehead atoms. The third-order valence-corrected chi connectivity index (χ3v) is 7.72. The highest BCUT2D eigenvalue weighted by atomic mass is 32.2. The van der Waals surface area contributed by atoms with Crippen LogP contribution in [0.1, 0.15) is 62.5 Å². The summed E-state index contributed by atoms with van der Waals surface area (Å²) < 4.78 is 25.2. The summed E-state index contributed by atoms with van der Waals surface area (Å²) in [4.78, 5) is 50.5. The average Bonchev–Trinajstić information content (AvgIpc) is 3.41. The summed E-state index contributed by atoms with van der Waals surface area (Å²) in [6.07, 6.45) is 0. The van der Waals surface area contributed by atoms with E-state index in [-0.39, 0.29) is 40.8 Å². The van der Waals surface area contributed by atoms with Gasteiger partial charge in [0.2, 0.25) is 5.91 Å². The van der Waals surface area contributed by atoms with Gasteiger partial charge in [-0.25, -0.2) is 14.0 Å². The van der Waals surface area contributed by atoms with Gasteiger partial charge in [0.1, 0.15) is 15.7 Å². The maximum absolute atomic E-state index is 13.4. The number of nitrogens with one attached hydrogen (secondary N) is 2. The van der Waals surface area contributed by atoms with Crippen molar-refractivity contribution >= 4 is 51.9 Å². The van der Waals surface area contributed by atoms with Gasteiger partial charge in [-0.3, -0.25) is 9.59 Å². The summed E-state index contributed by atoms with van der Waals surface area (Å²) in [6.45, 7) is 6.89. The van der Waals surface area contributed by atoms with E-state index in [0.717, 1.165) is 29.2 Å². The van der Waals surface area contributed by atoms with Crippen LogP contribution in [0.25, 0.3) is 0 Å². The highest BCUT2D eigenvalue weighted by Gasteiger charge is 2.29. The summed E-state index contributed by atoms with van der Waals surface area (Å²) in [5.74, 6) is -2.25. The van der Waals surface area contributed by atoms with Crippen molar-refractivity contribution in [2.24, 2.45) is 7.05 Å². The van der Waals surface area contributed by atoms with Gasteiger partial charge in [-0.05, 0) is 51.5 Å². The van der Waals surface area contributed by atoms with Gasteiger partial charge in [0, 0.05) is 12.6 Å². The molecule has 0 saturated carbocycles. The molecule has 0 saturated heterocycles. The Morgan fingerprint density at radius 3 is 2.49 bits per heavy atom. The quantitative estimate of drug-likeness (QED) is 0.258. The van der Waals surface area contributed by atoms with Gasteiger partial charge in [-0.15, -0.1) is 21.5 Å². The van der Waals surface area contributed by atoms with Gasteiger partial charge in [0.05, 0.1) is 30.6 Å². The zero-order chi connectivity index (χ0) is 28.7. The van der Waals surface area contributed by atoms with E-state index >= 15 is 0 Å². The SMILES string of the molecule is CCOC(=O)c1sc(NC(=O)[C@H](C)Sc2nnc(CNC(=O)c3cccc(F)c3)n2C)c(C(=O)OCC)c1C. The van der Waals surface area contributed by atoms with Gasteiger partial charge in [0.25, 0.3) is 5.91 Å². The van der Waals surface area contributed by atoms with Crippen molar-refractivity contribution in [3.8, 4) is 0 Å². The molecule has 0 aliphatic rings. The molecule has 2 amide bonds. The predicted octanol–water partition coefficient (Wildman–Crippen LogP) is 3.73. The third-order valence-electron chi connectivity index (χ3n) is 5.39. The molecule has 3 aromatic rings. The van der Waals surface area contributed by atoms with E-state index in [4.69, 9.17) is 9.47 Å². The number of esters is 2. The van der Waals surface area contributed by atoms with E-state index in [0.29, 0.717) is 16.5 Å². The highest BCUT2D eigenvalue weighted by Crippen LogP contribution is 2.35. The highest BCUT2D eigenvalue weighted by molar-refractivity contribution is 8.00. The number of aromatic nitrogens is 3. The number of anilines is 1. The number of rotatable bonds is 11. The molecule has 0 spiro atoms. The van der Waals surface area contributed by atoms with E-state index < -0.39 is 34.8 Å². The maximum Gasteiger partial charge on any atom is 0.348 e. The molecule has 208 valence electrons. The van der Waals surface area contributed by atoms with Crippen LogP contribution in [0.2, 0.25) is 0 Å². The number of nitrogens with zero attached hydrogens (tertiary/aromatic N) is 3. The first-order valence-electron chi connectivity index (χ1n) is 11.9. The fraction of sp³-hybridized carbons (Fsp3) is 0.360. The topological polar surface area (TPSA) is 142 Å². The van der Waals surface area contributed by atoms with Crippen molar-refractivity contribution in [2.75, 3.05) is 18.5 Å². The van der Waals surface area contributed by atoms with E-state index in [2.05, 4.69) is 20.8 Å². The largest absolute Gasteiger partial charge is 0.462 e. The number of halogens is 1. The Labute approximate surface area is 232 Å². The van der Waals surface area contributed by atoms with E-state index in [9.17, 15) is 23.6 Å². The summed E-state index contributed by atoms with van der Waals surface area (Å²) in [5, 5.41) is 13.5. The number of amides is 2. The lowest BCUT2D eigenvalue weighted by Gasteiger charge is -2.12. The summed E-state index contributed by atoms with van der Waals surface area (Å²) >= 11 is 2.06. The van der Waals surface area contributed by atoms with E-state index in [1.807, 2.05) is 0 Å². The van der Waals surface area contributed by atoms with Gasteiger partial charge >= 0.3 is 11.9 Å². The number of carbonyl (C=O) groups is 4. The number of thiophene rings is 1. The lowest BCUT2D eigenvalue weighted by atomic mass is 10.1. The predicted molar refractivity (Wildman–Crippen MR) is 143 cm³/mol. The molecule has 3 rings (SSSR count). The second kappa shape index (κ2) is 13.3. The molecule has 2 N–H and O–H groups in total. The molecule has 11 nitrogen and oxygen atoms in total. The number of benzene rings is 1. The van der Waals surface area contributed by atoms with Crippen molar-refractivity contribution in [1.29, 1.82) is 0 Å². The Kier molecular flexibility index (Phi) is 10.2. The summed E-state index contributed by atoms with van der Waals surface area (Å²) in [6, 6.07) is 5.32. The lowest BCUT2D eigenvalue weighted by molar-refractivity contribution is -0.115. The van der Waals surface area contributed by atoms with Crippen molar-refractivity contribution < 1.29 is 33.0 Å². The number of hydrogen-bond donors (Lipinski definition) is 2. The van der Waals surface area contributed by atoms with Crippen LogP contribution in [0, 0.1) is 12.7 Å². The zero-order valence-electron chi connectivity index (χ0n) is 22.0. The van der Waals surface area contributed by atoms with Crippen LogP contribution in [-0.2, 0) is 27.9 Å². The molecule has 2 aromatic heterocycles. The summed E-state index contributed by atoms with van der Waals surface area (Å²) in [7, 11) is 1.68. The Balaban J connectivity index is 1.69. The Morgan fingerprint density at radius 2 is 1.82 bits per heavy atom. The molecule has 2 heterocycles. The molecule has 0 radical (unpaired) electrons. The van der Waals surface area contributed by atoms with Crippen LogP contribution in [0.4, 0.5) is 9.39 Å². The van der Waals surface area contributed by atoms with E-state index in [1.165, 1.54) is 18.2 Å². The van der Waals surface area contributed by atoms with Crippen LogP contribution in [0.3, 0.4) is 0 Å². The number of thioether (sulfide) groups is 1. The molecular formula is C25H28FN5O6S2. The standard InChI is InChI=1S/C25H28FN5O6S2/c1-6-36-23(34)18-13(3)19(24(35)37-7-2)39-22(18)28-20(32)14(4)38-25-30-29-17(31(25)5)12-27-21(33)15-9-8-10-16(26)11-15/h8-11,14H,6-7,12H2,1-5H3,(H,27,33)(H,28,32)/t14-/m0/s1. The molecule has 1 atom stereocenters. The number of carbonyl (C=O) groups excluding carboxylic acids is 4. The van der Waals surface area contributed by atoms with Crippen molar-refractivity contribution in [1.82, 2.24) is 20.1 Å². The first kappa shape index (κ1) is 29.8. The minimum Gasteiger partial charge on any atom is -0.462 e. The van der Waals surface area contributed by atoms with Gasteiger partial charge in [-0.2, -0.15) is 0 Å². The molecule has 39 heavy (non-hydrogen) atoms. The minimum atomic E-state index is -0.675. The molecule has 0 aliphatic heterocycles. The van der Waals surface area contributed by atoms with Gasteiger partial charge in [-0.1, -0.05) is 17.8 Å². The van der Waals surface area contributed by atoms with Gasteiger partial charge in [0.15, 0.2) is 11.0 Å². The molecule has 0 fully saturated rings. The average molecular weight is 578 g/mol. The second-order valence-electron chi connectivity index (χ2n) is 8.10. The Bertz CT molecular complexity index is 1390. The van der Waals surface area contributed by atoms with Crippen molar-refractivity contribution in [3.05, 3.63) is 57.5 Å². The normalized spacial score (nSPS) is 11.5. The van der Waals surface area contributed by atoms with Crippen molar-refractivity contribution in [2.45, 2.75) is 44.6 Å². The molecular weight excluding hydrogens is 549 g/mol. The second-order valence-corrected chi connectivity index (χ2v) is 10.4. The maximum atomic E-state index is 13.4. The van der Waals surface area contributed by atoms with Crippen LogP contribution in [-0.4, -0.2) is 57.0 Å².